The zero-order valence-corrected chi connectivity index (χ0v) is 15.5. The molecule has 0 aliphatic carbocycles. The van der Waals surface area contributed by atoms with Crippen molar-refractivity contribution in [1.29, 1.82) is 0 Å². The van der Waals surface area contributed by atoms with E-state index in [1.54, 1.807) is 24.3 Å². The Hall–Kier alpha value is -3.41. The van der Waals surface area contributed by atoms with Crippen LogP contribution in [0.4, 0.5) is 30.2 Å². The Bertz CT molecular complexity index is 1000. The highest BCUT2D eigenvalue weighted by atomic mass is 32.2. The van der Waals surface area contributed by atoms with Crippen LogP contribution in [0.15, 0.2) is 70.0 Å². The van der Waals surface area contributed by atoms with Crippen molar-refractivity contribution < 1.29 is 18.0 Å². The monoisotopic (exact) mass is 421 g/mol. The molecule has 2 aromatic carbocycles. The first kappa shape index (κ1) is 20.3. The van der Waals surface area contributed by atoms with E-state index in [4.69, 9.17) is 5.84 Å². The third kappa shape index (κ3) is 5.54. The molecule has 0 unspecified atom stereocenters. The van der Waals surface area contributed by atoms with E-state index in [2.05, 4.69) is 25.7 Å². The predicted molar refractivity (Wildman–Crippen MR) is 102 cm³/mol. The largest absolute Gasteiger partial charge is 0.453 e. The molecule has 8 nitrogen and oxygen atoms in total. The van der Waals surface area contributed by atoms with Gasteiger partial charge in [-0.3, -0.25) is 4.79 Å². The Labute approximate surface area is 167 Å². The van der Waals surface area contributed by atoms with Gasteiger partial charge in [0.25, 0.3) is 5.82 Å². The minimum Gasteiger partial charge on any atom is -0.335 e. The smallest absolute Gasteiger partial charge is 0.335 e. The number of halogens is 3. The molecule has 0 spiro atoms. The highest BCUT2D eigenvalue weighted by Crippen LogP contribution is 2.29. The summed E-state index contributed by atoms with van der Waals surface area (Å²) in [7, 11) is 0. The number of rotatable bonds is 6. The minimum absolute atomic E-state index is 0.192. The van der Waals surface area contributed by atoms with Gasteiger partial charge < -0.3 is 11.2 Å². The molecule has 0 radical (unpaired) electrons. The summed E-state index contributed by atoms with van der Waals surface area (Å²) in [5, 5.41) is 16.9. The highest BCUT2D eigenvalue weighted by molar-refractivity contribution is 7.99. The molecule has 1 amide bonds. The zero-order chi connectivity index (χ0) is 20.9. The number of nitrogens with one attached hydrogen (secondary N) is 1. The molecule has 1 aromatic heterocycles. The molecule has 0 bridgehead atoms. The Kier molecular flexibility index (Phi) is 6.12. The average Bonchev–Trinajstić information content (AvgIpc) is 3.07. The van der Waals surface area contributed by atoms with Crippen LogP contribution in [0, 0.1) is 0 Å². The molecule has 0 saturated carbocycles. The molecule has 0 atom stereocenters. The van der Waals surface area contributed by atoms with Crippen molar-refractivity contribution in [2.45, 2.75) is 11.3 Å². The average molecular weight is 421 g/mol. The molecule has 1 heterocycles. The number of alkyl halides is 3. The lowest BCUT2D eigenvalue weighted by Crippen LogP contribution is -2.22. The molecule has 3 rings (SSSR count). The van der Waals surface area contributed by atoms with Gasteiger partial charge in [0.2, 0.25) is 11.1 Å². The van der Waals surface area contributed by atoms with E-state index in [9.17, 15) is 18.0 Å². The molecule has 0 aliphatic rings. The first-order chi connectivity index (χ1) is 13.8. The zero-order valence-electron chi connectivity index (χ0n) is 14.7. The third-order valence-electron chi connectivity index (χ3n) is 3.44. The highest BCUT2D eigenvalue weighted by Gasteiger charge is 2.38. The van der Waals surface area contributed by atoms with Crippen molar-refractivity contribution in [3.05, 3.63) is 60.4 Å². The standard InChI is InChI=1S/C17H14F3N7OS/c18-17(19,20)15-25-26-16(27(15)21)29-10-14(28)22-11-6-8-13(9-7-11)24-23-12-4-2-1-3-5-12/h1-9H,10,21H2,(H,22,28). The van der Waals surface area contributed by atoms with Crippen LogP contribution in [-0.4, -0.2) is 26.5 Å². The van der Waals surface area contributed by atoms with E-state index >= 15 is 0 Å². The van der Waals surface area contributed by atoms with Gasteiger partial charge in [-0.15, -0.1) is 10.2 Å². The van der Waals surface area contributed by atoms with E-state index in [0.717, 1.165) is 11.8 Å². The second kappa shape index (κ2) is 8.73. The maximum absolute atomic E-state index is 12.6. The van der Waals surface area contributed by atoms with Crippen LogP contribution in [0.2, 0.25) is 0 Å². The summed E-state index contributed by atoms with van der Waals surface area (Å²) in [6, 6.07) is 15.8. The van der Waals surface area contributed by atoms with Crippen molar-refractivity contribution in [2.75, 3.05) is 16.9 Å². The molecule has 0 saturated heterocycles. The molecule has 0 fully saturated rings. The molecule has 12 heteroatoms. The number of anilines is 1. The third-order valence-corrected chi connectivity index (χ3v) is 4.38. The summed E-state index contributed by atoms with van der Waals surface area (Å²) in [6.07, 6.45) is -4.72. The van der Waals surface area contributed by atoms with Crippen LogP contribution in [0.25, 0.3) is 0 Å². The molecular weight excluding hydrogens is 407 g/mol. The van der Waals surface area contributed by atoms with Crippen molar-refractivity contribution in [1.82, 2.24) is 14.9 Å². The normalized spacial score (nSPS) is 11.7. The van der Waals surface area contributed by atoms with Crippen molar-refractivity contribution in [2.24, 2.45) is 10.2 Å². The fourth-order valence-electron chi connectivity index (χ4n) is 2.12. The Balaban J connectivity index is 1.53. The van der Waals surface area contributed by atoms with Crippen molar-refractivity contribution >= 4 is 34.7 Å². The fraction of sp³-hybridized carbons (Fsp3) is 0.118. The van der Waals surface area contributed by atoms with Crippen LogP contribution in [0.3, 0.4) is 0 Å². The minimum atomic E-state index is -4.72. The van der Waals surface area contributed by atoms with Gasteiger partial charge in [0.1, 0.15) is 0 Å². The first-order valence-corrected chi connectivity index (χ1v) is 9.08. The van der Waals surface area contributed by atoms with Crippen LogP contribution in [0.5, 0.6) is 0 Å². The second-order valence-electron chi connectivity index (χ2n) is 5.59. The predicted octanol–water partition coefficient (Wildman–Crippen LogP) is 4.16. The van der Waals surface area contributed by atoms with Gasteiger partial charge in [-0.2, -0.15) is 23.4 Å². The summed E-state index contributed by atoms with van der Waals surface area (Å²) in [6.45, 7) is 0. The molecular formula is C17H14F3N7OS. The number of amides is 1. The van der Waals surface area contributed by atoms with E-state index in [0.29, 0.717) is 21.7 Å². The number of nitrogens with two attached hydrogens (primary N) is 1. The van der Waals surface area contributed by atoms with Gasteiger partial charge in [0.05, 0.1) is 17.1 Å². The van der Waals surface area contributed by atoms with Gasteiger partial charge in [-0.05, 0) is 36.4 Å². The molecule has 0 aliphatic heterocycles. The number of azo groups is 1. The topological polar surface area (TPSA) is 111 Å². The quantitative estimate of drug-likeness (QED) is 0.353. The maximum Gasteiger partial charge on any atom is 0.453 e. The number of benzene rings is 2. The van der Waals surface area contributed by atoms with E-state index in [1.807, 2.05) is 30.3 Å². The summed E-state index contributed by atoms with van der Waals surface area (Å²) < 4.78 is 38.2. The van der Waals surface area contributed by atoms with Crippen LogP contribution in [-0.2, 0) is 11.0 Å². The summed E-state index contributed by atoms with van der Waals surface area (Å²) in [4.78, 5) is 12.0. The number of nitrogen functional groups attached to an aromatic ring is 1. The van der Waals surface area contributed by atoms with Crippen LogP contribution in [0.1, 0.15) is 5.82 Å². The SMILES string of the molecule is Nn1c(SCC(=O)Nc2ccc(N=Nc3ccccc3)cc2)nnc1C(F)(F)F. The lowest BCUT2D eigenvalue weighted by molar-refractivity contribution is -0.146. The first-order valence-electron chi connectivity index (χ1n) is 8.10. The lowest BCUT2D eigenvalue weighted by atomic mass is 10.3. The number of thioether (sulfide) groups is 1. The van der Waals surface area contributed by atoms with Gasteiger partial charge in [0, 0.05) is 5.69 Å². The number of hydrogen-bond acceptors (Lipinski definition) is 7. The Morgan fingerprint density at radius 3 is 2.24 bits per heavy atom. The van der Waals surface area contributed by atoms with Gasteiger partial charge in [-0.1, -0.05) is 30.0 Å². The summed E-state index contributed by atoms with van der Waals surface area (Å²) in [5.74, 6) is 3.35. The number of hydrogen-bond donors (Lipinski definition) is 2. The maximum atomic E-state index is 12.6. The van der Waals surface area contributed by atoms with Gasteiger partial charge >= 0.3 is 6.18 Å². The van der Waals surface area contributed by atoms with Crippen LogP contribution < -0.4 is 11.2 Å². The molecule has 3 N–H and O–H groups in total. The Morgan fingerprint density at radius 1 is 1.03 bits per heavy atom. The lowest BCUT2D eigenvalue weighted by Gasteiger charge is -2.07. The number of carbonyl (C=O) groups excluding carboxylic acids is 1. The van der Waals surface area contributed by atoms with Crippen molar-refractivity contribution in [3.63, 3.8) is 0 Å². The van der Waals surface area contributed by atoms with Gasteiger partial charge in [-0.25, -0.2) is 4.68 Å². The van der Waals surface area contributed by atoms with E-state index in [1.165, 1.54) is 0 Å². The number of carbonyl (C=O) groups is 1. The Morgan fingerprint density at radius 2 is 1.66 bits per heavy atom. The number of nitrogens with zero attached hydrogens (tertiary/aromatic N) is 5. The molecule has 3 aromatic rings. The number of aromatic nitrogens is 3. The van der Waals surface area contributed by atoms with Crippen molar-refractivity contribution in [3.8, 4) is 0 Å². The molecule has 29 heavy (non-hydrogen) atoms. The van der Waals surface area contributed by atoms with Gasteiger partial charge in [0.15, 0.2) is 0 Å². The van der Waals surface area contributed by atoms with E-state index < -0.39 is 17.9 Å². The molecule has 150 valence electrons. The summed E-state index contributed by atoms with van der Waals surface area (Å²) >= 11 is 0.739. The second-order valence-corrected chi connectivity index (χ2v) is 6.54. The fourth-order valence-corrected chi connectivity index (χ4v) is 2.77. The van der Waals surface area contributed by atoms with E-state index in [-0.39, 0.29) is 10.9 Å². The van der Waals surface area contributed by atoms with Crippen LogP contribution >= 0.6 is 11.8 Å². The summed E-state index contributed by atoms with van der Waals surface area (Å²) in [5.41, 5.74) is 1.81.